The van der Waals surface area contributed by atoms with Gasteiger partial charge in [-0.3, -0.25) is 14.6 Å². The third kappa shape index (κ3) is 6.16. The summed E-state index contributed by atoms with van der Waals surface area (Å²) in [5.41, 5.74) is 0.868. The van der Waals surface area contributed by atoms with E-state index < -0.39 is 11.9 Å². The molecule has 0 bridgehead atoms. The van der Waals surface area contributed by atoms with Gasteiger partial charge in [-0.25, -0.2) is 0 Å². The zero-order chi connectivity index (χ0) is 18.8. The minimum atomic E-state index is -1.08. The van der Waals surface area contributed by atoms with Gasteiger partial charge in [0, 0.05) is 17.0 Å². The normalized spacial score (nSPS) is 9.85. The van der Waals surface area contributed by atoms with Gasteiger partial charge < -0.3 is 14.9 Å². The maximum Gasteiger partial charge on any atom is 0.303 e. The lowest BCUT2D eigenvalue weighted by Crippen LogP contribution is -2.00. The molecule has 0 unspecified atom stereocenters. The van der Waals surface area contributed by atoms with Gasteiger partial charge in [-0.05, 0) is 18.2 Å². The number of nitrogens with zero attached hydrogens (tertiary/aromatic N) is 3. The lowest BCUT2D eigenvalue weighted by molar-refractivity contribution is -0.143. The predicted octanol–water partition coefficient (Wildman–Crippen LogP) is 2.54. The number of fused-ring (bicyclic) bond motifs is 1. The topological polar surface area (TPSA) is 122 Å². The van der Waals surface area contributed by atoms with Crippen LogP contribution in [-0.2, 0) is 16.2 Å². The number of rotatable bonds is 6. The van der Waals surface area contributed by atoms with E-state index in [0.717, 1.165) is 16.5 Å². The Morgan fingerprint density at radius 1 is 0.962 bits per heavy atom. The van der Waals surface area contributed by atoms with Gasteiger partial charge in [0.05, 0.1) is 24.7 Å². The van der Waals surface area contributed by atoms with Gasteiger partial charge in [-0.15, -0.1) is 5.10 Å². The third-order valence-corrected chi connectivity index (χ3v) is 3.17. The van der Waals surface area contributed by atoms with Crippen LogP contribution < -0.4 is 4.74 Å². The summed E-state index contributed by atoms with van der Waals surface area (Å²) in [7, 11) is 0. The Morgan fingerprint density at radius 3 is 2.31 bits per heavy atom. The van der Waals surface area contributed by atoms with Crippen molar-refractivity contribution in [3.63, 3.8) is 0 Å². The number of hydrogen-bond donors (Lipinski definition) is 2. The Balaban J connectivity index is 0.000000260. The van der Waals surface area contributed by atoms with E-state index in [2.05, 4.69) is 15.2 Å². The Hall–Kier alpha value is -3.55. The Kier molecular flexibility index (Phi) is 6.99. The summed E-state index contributed by atoms with van der Waals surface area (Å²) in [6.07, 6.45) is 2.88. The number of pyridine rings is 1. The lowest BCUT2D eigenvalue weighted by atomic mass is 10.2. The van der Waals surface area contributed by atoms with Crippen molar-refractivity contribution in [2.24, 2.45) is 0 Å². The summed E-state index contributed by atoms with van der Waals surface area (Å²) in [5.74, 6) is -1.61. The number of aliphatic carboxylic acids is 2. The molecular formula is C18H17N3O5. The van der Waals surface area contributed by atoms with Gasteiger partial charge in [0.1, 0.15) is 6.61 Å². The van der Waals surface area contributed by atoms with Gasteiger partial charge in [0.15, 0.2) is 0 Å². The molecule has 0 saturated heterocycles. The molecule has 1 aromatic carbocycles. The molecule has 2 N–H and O–H groups in total. The summed E-state index contributed by atoms with van der Waals surface area (Å²) in [6, 6.07) is 13.6. The number of ether oxygens (including phenoxy) is 1. The highest BCUT2D eigenvalue weighted by atomic mass is 16.5. The van der Waals surface area contributed by atoms with Crippen molar-refractivity contribution < 1.29 is 24.5 Å². The molecule has 2 aromatic heterocycles. The number of carboxylic acid groups (broad SMARTS) is 2. The maximum atomic E-state index is 9.64. The quantitative estimate of drug-likeness (QED) is 0.691. The highest BCUT2D eigenvalue weighted by molar-refractivity contribution is 5.85. The van der Waals surface area contributed by atoms with Crippen molar-refractivity contribution in [1.29, 1.82) is 0 Å². The number of benzene rings is 1. The Morgan fingerprint density at radius 2 is 1.65 bits per heavy atom. The van der Waals surface area contributed by atoms with Crippen molar-refractivity contribution in [3.8, 4) is 5.88 Å². The van der Waals surface area contributed by atoms with E-state index in [1.54, 1.807) is 12.4 Å². The smallest absolute Gasteiger partial charge is 0.303 e. The molecule has 26 heavy (non-hydrogen) atoms. The minimum Gasteiger partial charge on any atom is -0.481 e. The highest BCUT2D eigenvalue weighted by Crippen LogP contribution is 2.21. The van der Waals surface area contributed by atoms with Crippen LogP contribution in [0, 0.1) is 0 Å². The van der Waals surface area contributed by atoms with Crippen molar-refractivity contribution in [2.75, 3.05) is 0 Å². The molecule has 8 nitrogen and oxygen atoms in total. The fraction of sp³-hybridized carbons (Fsp3) is 0.167. The molecule has 0 aliphatic heterocycles. The van der Waals surface area contributed by atoms with Crippen molar-refractivity contribution in [1.82, 2.24) is 15.2 Å². The van der Waals surface area contributed by atoms with Crippen molar-refractivity contribution >= 4 is 22.7 Å². The van der Waals surface area contributed by atoms with Gasteiger partial charge in [0.25, 0.3) is 0 Å². The van der Waals surface area contributed by atoms with E-state index >= 15 is 0 Å². The molecule has 3 aromatic rings. The van der Waals surface area contributed by atoms with Crippen LogP contribution in [0.3, 0.4) is 0 Å². The van der Waals surface area contributed by atoms with Crippen LogP contribution in [0.15, 0.2) is 54.9 Å². The van der Waals surface area contributed by atoms with Crippen LogP contribution in [0.25, 0.3) is 10.8 Å². The molecular weight excluding hydrogens is 338 g/mol. The summed E-state index contributed by atoms with van der Waals surface area (Å²) >= 11 is 0. The third-order valence-electron chi connectivity index (χ3n) is 3.17. The average molecular weight is 355 g/mol. The van der Waals surface area contributed by atoms with E-state index in [1.807, 2.05) is 42.5 Å². The van der Waals surface area contributed by atoms with E-state index in [4.69, 9.17) is 14.9 Å². The number of hydrogen-bond acceptors (Lipinski definition) is 6. The number of aromatic nitrogens is 3. The summed E-state index contributed by atoms with van der Waals surface area (Å²) < 4.78 is 5.67. The highest BCUT2D eigenvalue weighted by Gasteiger charge is 2.04. The second kappa shape index (κ2) is 9.67. The molecule has 0 aliphatic rings. The lowest BCUT2D eigenvalue weighted by Gasteiger charge is -2.06. The predicted molar refractivity (Wildman–Crippen MR) is 92.6 cm³/mol. The number of carbonyl (C=O) groups is 2. The second-order valence-corrected chi connectivity index (χ2v) is 5.13. The summed E-state index contributed by atoms with van der Waals surface area (Å²) in [6.45, 7) is 0.392. The van der Waals surface area contributed by atoms with E-state index in [0.29, 0.717) is 12.5 Å². The first-order valence-corrected chi connectivity index (χ1v) is 7.73. The molecule has 0 spiro atoms. The first-order chi connectivity index (χ1) is 12.6. The molecule has 3 rings (SSSR count). The van der Waals surface area contributed by atoms with Crippen molar-refractivity contribution in [3.05, 3.63) is 60.6 Å². The van der Waals surface area contributed by atoms with Gasteiger partial charge in [-0.2, -0.15) is 5.10 Å². The zero-order valence-electron chi connectivity index (χ0n) is 13.8. The molecule has 134 valence electrons. The molecule has 0 aliphatic carbocycles. The molecule has 0 radical (unpaired) electrons. The first-order valence-electron chi connectivity index (χ1n) is 7.73. The zero-order valence-corrected chi connectivity index (χ0v) is 13.8. The molecule has 0 fully saturated rings. The van der Waals surface area contributed by atoms with Crippen LogP contribution in [-0.4, -0.2) is 37.3 Å². The molecule has 0 atom stereocenters. The summed E-state index contributed by atoms with van der Waals surface area (Å²) in [4.78, 5) is 23.5. The van der Waals surface area contributed by atoms with Crippen molar-refractivity contribution in [2.45, 2.75) is 19.4 Å². The monoisotopic (exact) mass is 355 g/mol. The van der Waals surface area contributed by atoms with Crippen LogP contribution in [0.4, 0.5) is 0 Å². The SMILES string of the molecule is O=C(O)CCC(=O)O.c1ccc(COc2nncc3ccccc23)nc1. The van der Waals surface area contributed by atoms with Gasteiger partial charge in [-0.1, -0.05) is 24.3 Å². The first kappa shape index (κ1) is 18.8. The fourth-order valence-corrected chi connectivity index (χ4v) is 1.95. The molecule has 8 heteroatoms. The summed E-state index contributed by atoms with van der Waals surface area (Å²) in [5, 5.41) is 25.7. The van der Waals surface area contributed by atoms with Crippen LogP contribution >= 0.6 is 0 Å². The number of carboxylic acids is 2. The Labute approximate surface area is 149 Å². The fourth-order valence-electron chi connectivity index (χ4n) is 1.95. The second-order valence-electron chi connectivity index (χ2n) is 5.13. The average Bonchev–Trinajstić information content (AvgIpc) is 2.66. The van der Waals surface area contributed by atoms with Crippen LogP contribution in [0.2, 0.25) is 0 Å². The van der Waals surface area contributed by atoms with Crippen LogP contribution in [0.5, 0.6) is 5.88 Å². The van der Waals surface area contributed by atoms with Gasteiger partial charge in [0.2, 0.25) is 5.88 Å². The Bertz CT molecular complexity index is 852. The van der Waals surface area contributed by atoms with Crippen LogP contribution in [0.1, 0.15) is 18.5 Å². The molecule has 0 saturated carbocycles. The largest absolute Gasteiger partial charge is 0.481 e. The van der Waals surface area contributed by atoms with E-state index in [-0.39, 0.29) is 12.8 Å². The van der Waals surface area contributed by atoms with E-state index in [9.17, 15) is 9.59 Å². The molecule has 0 amide bonds. The maximum absolute atomic E-state index is 9.64. The standard InChI is InChI=1S/C14H11N3O.C4H6O4/c1-2-7-13-11(5-1)9-16-17-14(13)18-10-12-6-3-4-8-15-12;5-3(6)1-2-4(7)8/h1-9H,10H2;1-2H2,(H,5,6)(H,7,8). The van der Waals surface area contributed by atoms with Gasteiger partial charge >= 0.3 is 11.9 Å². The molecule has 2 heterocycles. The minimum absolute atomic E-state index is 0.296. The van der Waals surface area contributed by atoms with E-state index in [1.165, 1.54) is 0 Å².